The first-order valence-corrected chi connectivity index (χ1v) is 9.88. The molecule has 0 aliphatic carbocycles. The summed E-state index contributed by atoms with van der Waals surface area (Å²) in [6, 6.07) is 5.41. The maximum absolute atomic E-state index is 14.5. The highest BCUT2D eigenvalue weighted by Crippen LogP contribution is 2.21. The van der Waals surface area contributed by atoms with Crippen molar-refractivity contribution in [2.45, 2.75) is 46.1 Å². The van der Waals surface area contributed by atoms with Crippen molar-refractivity contribution in [2.75, 3.05) is 44.3 Å². The van der Waals surface area contributed by atoms with Crippen LogP contribution in [-0.4, -0.2) is 45.4 Å². The number of halogens is 2. The number of unbranched alkanes of at least 4 members (excludes halogenated alkanes) is 3. The second-order valence-corrected chi connectivity index (χ2v) is 6.57. The highest BCUT2D eigenvalue weighted by molar-refractivity contribution is 14.0. The van der Waals surface area contributed by atoms with Gasteiger partial charge in [-0.25, -0.2) is 9.38 Å². The molecule has 0 bridgehead atoms. The molecule has 1 aliphatic rings. The van der Waals surface area contributed by atoms with Gasteiger partial charge in [-0.1, -0.05) is 32.3 Å². The van der Waals surface area contributed by atoms with Crippen LogP contribution >= 0.6 is 24.0 Å². The number of morpholine rings is 1. The van der Waals surface area contributed by atoms with Crippen LogP contribution in [0.5, 0.6) is 0 Å². The molecule has 1 aliphatic heterocycles. The lowest BCUT2D eigenvalue weighted by Crippen LogP contribution is -2.37. The monoisotopic (exact) mass is 492 g/mol. The normalized spacial score (nSPS) is 14.6. The summed E-state index contributed by atoms with van der Waals surface area (Å²) in [4.78, 5) is 6.61. The first-order chi connectivity index (χ1) is 12.7. The number of anilines is 1. The van der Waals surface area contributed by atoms with Gasteiger partial charge in [-0.3, -0.25) is 0 Å². The minimum Gasteiger partial charge on any atom is -0.378 e. The van der Waals surface area contributed by atoms with Crippen LogP contribution in [0.15, 0.2) is 23.2 Å². The Morgan fingerprint density at radius 3 is 2.59 bits per heavy atom. The Balaban J connectivity index is 0.00000364. The van der Waals surface area contributed by atoms with E-state index in [1.54, 1.807) is 6.07 Å². The quantitative estimate of drug-likeness (QED) is 0.238. The molecule has 2 N–H and O–H groups in total. The Hall–Kier alpha value is -1.09. The molecule has 5 nitrogen and oxygen atoms in total. The van der Waals surface area contributed by atoms with Crippen molar-refractivity contribution < 1.29 is 9.13 Å². The number of ether oxygens (including phenoxy) is 1. The van der Waals surface area contributed by atoms with E-state index in [1.165, 1.54) is 19.3 Å². The molecule has 0 amide bonds. The molecule has 0 atom stereocenters. The lowest BCUT2D eigenvalue weighted by molar-refractivity contribution is 0.122. The zero-order chi connectivity index (χ0) is 18.6. The van der Waals surface area contributed by atoms with E-state index >= 15 is 0 Å². The number of benzene rings is 1. The summed E-state index contributed by atoms with van der Waals surface area (Å²) >= 11 is 0. The molecule has 0 aromatic heterocycles. The van der Waals surface area contributed by atoms with Crippen molar-refractivity contribution in [1.29, 1.82) is 0 Å². The zero-order valence-electron chi connectivity index (χ0n) is 16.6. The highest BCUT2D eigenvalue weighted by atomic mass is 127. The Kier molecular flexibility index (Phi) is 12.4. The fraction of sp³-hybridized carbons (Fsp3) is 0.650. The second-order valence-electron chi connectivity index (χ2n) is 6.57. The van der Waals surface area contributed by atoms with Crippen LogP contribution in [0, 0.1) is 5.82 Å². The van der Waals surface area contributed by atoms with E-state index in [0.29, 0.717) is 25.4 Å². The lowest BCUT2D eigenvalue weighted by atomic mass is 10.1. The number of nitrogens with one attached hydrogen (secondary N) is 2. The second kappa shape index (κ2) is 14.0. The van der Waals surface area contributed by atoms with Crippen molar-refractivity contribution >= 4 is 35.6 Å². The summed E-state index contributed by atoms with van der Waals surface area (Å²) in [7, 11) is 0. The number of guanidine groups is 1. The molecule has 0 saturated carbocycles. The van der Waals surface area contributed by atoms with E-state index in [4.69, 9.17) is 4.74 Å². The van der Waals surface area contributed by atoms with Gasteiger partial charge in [0, 0.05) is 26.2 Å². The molecule has 0 radical (unpaired) electrons. The smallest absolute Gasteiger partial charge is 0.191 e. The zero-order valence-corrected chi connectivity index (χ0v) is 18.9. The predicted octanol–water partition coefficient (Wildman–Crippen LogP) is 3.92. The molecule has 27 heavy (non-hydrogen) atoms. The molecule has 1 aromatic carbocycles. The average Bonchev–Trinajstić information content (AvgIpc) is 2.66. The number of hydrogen-bond acceptors (Lipinski definition) is 3. The molecule has 0 spiro atoms. The van der Waals surface area contributed by atoms with Crippen molar-refractivity contribution in [3.63, 3.8) is 0 Å². The van der Waals surface area contributed by atoms with Gasteiger partial charge in [-0.05, 0) is 31.0 Å². The van der Waals surface area contributed by atoms with Gasteiger partial charge in [0.05, 0.1) is 25.4 Å². The van der Waals surface area contributed by atoms with Gasteiger partial charge < -0.3 is 20.3 Å². The summed E-state index contributed by atoms with van der Waals surface area (Å²) in [5.41, 5.74) is 1.53. The van der Waals surface area contributed by atoms with Gasteiger partial charge in [-0.15, -0.1) is 24.0 Å². The van der Waals surface area contributed by atoms with Gasteiger partial charge in [0.2, 0.25) is 0 Å². The molecule has 7 heteroatoms. The lowest BCUT2D eigenvalue weighted by Gasteiger charge is -2.29. The minimum absolute atomic E-state index is 0. The van der Waals surface area contributed by atoms with Crippen molar-refractivity contribution in [2.24, 2.45) is 4.99 Å². The maximum Gasteiger partial charge on any atom is 0.191 e. The number of hydrogen-bond donors (Lipinski definition) is 2. The van der Waals surface area contributed by atoms with Crippen LogP contribution in [0.2, 0.25) is 0 Å². The molecule has 1 aromatic rings. The van der Waals surface area contributed by atoms with Crippen molar-refractivity contribution in [1.82, 2.24) is 10.6 Å². The predicted molar refractivity (Wildman–Crippen MR) is 122 cm³/mol. The largest absolute Gasteiger partial charge is 0.378 e. The minimum atomic E-state index is -0.183. The average molecular weight is 492 g/mol. The van der Waals surface area contributed by atoms with Crippen LogP contribution in [0.3, 0.4) is 0 Å². The van der Waals surface area contributed by atoms with Crippen LogP contribution in [0.4, 0.5) is 10.1 Å². The first-order valence-electron chi connectivity index (χ1n) is 9.88. The molecule has 1 fully saturated rings. The third kappa shape index (κ3) is 8.64. The summed E-state index contributed by atoms with van der Waals surface area (Å²) in [6.45, 7) is 9.23. The molecular weight excluding hydrogens is 458 g/mol. The van der Waals surface area contributed by atoms with E-state index in [2.05, 4.69) is 22.5 Å². The fourth-order valence-electron chi connectivity index (χ4n) is 2.98. The molecule has 154 valence electrons. The van der Waals surface area contributed by atoms with Gasteiger partial charge in [-0.2, -0.15) is 0 Å². The van der Waals surface area contributed by atoms with Crippen molar-refractivity contribution in [3.05, 3.63) is 29.6 Å². The van der Waals surface area contributed by atoms with E-state index in [-0.39, 0.29) is 29.8 Å². The van der Waals surface area contributed by atoms with Crippen molar-refractivity contribution in [3.8, 4) is 0 Å². The fourth-order valence-corrected chi connectivity index (χ4v) is 2.98. The van der Waals surface area contributed by atoms with Gasteiger partial charge >= 0.3 is 0 Å². The SMILES string of the molecule is CCCCCCNC(=NCc1ccc(N2CCOCC2)c(F)c1)NCC.I. The number of rotatable bonds is 9. The van der Waals surface area contributed by atoms with Gasteiger partial charge in [0.1, 0.15) is 5.82 Å². The third-order valence-electron chi connectivity index (χ3n) is 4.45. The summed E-state index contributed by atoms with van der Waals surface area (Å²) in [5.74, 6) is 0.610. The number of aliphatic imine (C=N–C) groups is 1. The molecule has 2 rings (SSSR count). The highest BCUT2D eigenvalue weighted by Gasteiger charge is 2.15. The maximum atomic E-state index is 14.5. The molecule has 0 unspecified atom stereocenters. The van der Waals surface area contributed by atoms with Crippen LogP contribution < -0.4 is 15.5 Å². The van der Waals surface area contributed by atoms with E-state index < -0.39 is 0 Å². The Morgan fingerprint density at radius 2 is 1.93 bits per heavy atom. The van der Waals surface area contributed by atoms with E-state index in [1.807, 2.05) is 24.0 Å². The van der Waals surface area contributed by atoms with E-state index in [0.717, 1.165) is 44.1 Å². The van der Waals surface area contributed by atoms with Crippen LogP contribution in [0.1, 0.15) is 45.1 Å². The standard InChI is InChI=1S/C20H33FN4O.HI/c1-3-5-6-7-10-23-20(22-4-2)24-16-17-8-9-19(18(21)15-17)25-11-13-26-14-12-25;/h8-9,15H,3-7,10-14,16H2,1-2H3,(H2,22,23,24);1H. The summed E-state index contributed by atoms with van der Waals surface area (Å²) in [6.07, 6.45) is 4.88. The Labute approximate surface area is 180 Å². The van der Waals surface area contributed by atoms with Crippen LogP contribution in [0.25, 0.3) is 0 Å². The summed E-state index contributed by atoms with van der Waals surface area (Å²) < 4.78 is 19.8. The molecule has 1 heterocycles. The molecule has 1 saturated heterocycles. The molecular formula is C20H34FIN4O. The summed E-state index contributed by atoms with van der Waals surface area (Å²) in [5, 5.41) is 6.60. The first kappa shape index (κ1) is 23.9. The Morgan fingerprint density at radius 1 is 1.15 bits per heavy atom. The Bertz CT molecular complexity index is 565. The van der Waals surface area contributed by atoms with Gasteiger partial charge in [0.15, 0.2) is 5.96 Å². The van der Waals surface area contributed by atoms with Crippen LogP contribution in [-0.2, 0) is 11.3 Å². The topological polar surface area (TPSA) is 48.9 Å². The van der Waals surface area contributed by atoms with Gasteiger partial charge in [0.25, 0.3) is 0 Å². The van der Waals surface area contributed by atoms with E-state index in [9.17, 15) is 4.39 Å². The third-order valence-corrected chi connectivity index (χ3v) is 4.45. The number of nitrogens with zero attached hydrogens (tertiary/aromatic N) is 2.